The van der Waals surface area contributed by atoms with E-state index < -0.39 is 0 Å². The predicted octanol–water partition coefficient (Wildman–Crippen LogP) is 3.71. The highest BCUT2D eigenvalue weighted by molar-refractivity contribution is 7.10. The van der Waals surface area contributed by atoms with Crippen LogP contribution in [0, 0.1) is 0 Å². The van der Waals surface area contributed by atoms with E-state index in [0.717, 1.165) is 17.0 Å². The molecule has 0 saturated carbocycles. The fourth-order valence-corrected chi connectivity index (χ4v) is 2.56. The van der Waals surface area contributed by atoms with Gasteiger partial charge in [-0.25, -0.2) is 0 Å². The molecule has 1 heterocycles. The van der Waals surface area contributed by atoms with Gasteiger partial charge in [0.1, 0.15) is 0 Å². The van der Waals surface area contributed by atoms with E-state index in [1.807, 2.05) is 41.8 Å². The number of aryl methyl sites for hydroxylation is 1. The van der Waals surface area contributed by atoms with Crippen molar-refractivity contribution in [2.75, 3.05) is 11.2 Å². The van der Waals surface area contributed by atoms with Crippen molar-refractivity contribution in [1.29, 1.82) is 0 Å². The second-order valence-electron chi connectivity index (χ2n) is 3.94. The van der Waals surface area contributed by atoms with Gasteiger partial charge in [-0.1, -0.05) is 18.2 Å². The van der Waals surface area contributed by atoms with E-state index in [2.05, 4.69) is 5.32 Å². The van der Waals surface area contributed by atoms with Gasteiger partial charge >= 0.3 is 0 Å². The number of anilines is 1. The molecule has 18 heavy (non-hydrogen) atoms. The predicted molar refractivity (Wildman–Crippen MR) is 77.5 cm³/mol. The Labute approximate surface area is 116 Å². The highest BCUT2D eigenvalue weighted by Gasteiger charge is 2.04. The summed E-state index contributed by atoms with van der Waals surface area (Å²) in [5.74, 6) is 0.631. The molecule has 0 atom stereocenters. The maximum atomic E-state index is 11.8. The van der Waals surface area contributed by atoms with Gasteiger partial charge in [0.15, 0.2) is 0 Å². The van der Waals surface area contributed by atoms with Crippen LogP contribution in [0.25, 0.3) is 0 Å². The molecule has 0 bridgehead atoms. The Balaban J connectivity index is 1.90. The smallest absolute Gasteiger partial charge is 0.229 e. The average Bonchev–Trinajstić information content (AvgIpc) is 2.84. The zero-order valence-corrected chi connectivity index (χ0v) is 11.4. The van der Waals surface area contributed by atoms with Gasteiger partial charge in [-0.2, -0.15) is 0 Å². The highest BCUT2D eigenvalue weighted by Crippen LogP contribution is 2.13. The third kappa shape index (κ3) is 3.86. The number of carbonyl (C=O) groups is 1. The molecular weight excluding hydrogens is 266 g/mol. The Kier molecular flexibility index (Phi) is 4.79. The highest BCUT2D eigenvalue weighted by atomic mass is 35.5. The molecule has 4 heteroatoms. The molecule has 0 unspecified atom stereocenters. The first-order chi connectivity index (χ1) is 8.78. The van der Waals surface area contributed by atoms with Crippen LogP contribution < -0.4 is 5.32 Å². The van der Waals surface area contributed by atoms with Crippen LogP contribution in [0.5, 0.6) is 0 Å². The maximum Gasteiger partial charge on any atom is 0.229 e. The molecule has 0 saturated heterocycles. The Morgan fingerprint density at radius 1 is 1.22 bits per heavy atom. The number of hydrogen-bond acceptors (Lipinski definition) is 2. The van der Waals surface area contributed by atoms with Crippen LogP contribution >= 0.6 is 22.9 Å². The van der Waals surface area contributed by atoms with Crippen LogP contribution in [0.1, 0.15) is 10.4 Å². The molecule has 0 radical (unpaired) electrons. The van der Waals surface area contributed by atoms with Crippen molar-refractivity contribution in [2.45, 2.75) is 12.8 Å². The summed E-state index contributed by atoms with van der Waals surface area (Å²) in [6.07, 6.45) is 1.28. The molecule has 1 N–H and O–H groups in total. The van der Waals surface area contributed by atoms with E-state index in [9.17, 15) is 4.79 Å². The van der Waals surface area contributed by atoms with Crippen LogP contribution in [-0.4, -0.2) is 11.8 Å². The zero-order valence-electron chi connectivity index (χ0n) is 9.86. The molecule has 2 nitrogen and oxygen atoms in total. The third-order valence-corrected chi connectivity index (χ3v) is 3.60. The van der Waals surface area contributed by atoms with Crippen LogP contribution in [0.15, 0.2) is 41.8 Å². The lowest BCUT2D eigenvalue weighted by Crippen LogP contribution is -2.13. The maximum absolute atomic E-state index is 11.8. The van der Waals surface area contributed by atoms with Gasteiger partial charge in [0, 0.05) is 16.4 Å². The lowest BCUT2D eigenvalue weighted by atomic mass is 10.1. The molecule has 2 rings (SSSR count). The SMILES string of the molecule is O=C(Cc1cccs1)Nc1ccc(CCCl)cc1. The summed E-state index contributed by atoms with van der Waals surface area (Å²) in [6, 6.07) is 11.7. The minimum atomic E-state index is 0.0162. The molecule has 0 fully saturated rings. The van der Waals surface area contributed by atoms with Crippen molar-refractivity contribution in [1.82, 2.24) is 0 Å². The number of benzene rings is 1. The van der Waals surface area contributed by atoms with Crippen LogP contribution in [0.4, 0.5) is 5.69 Å². The summed E-state index contributed by atoms with van der Waals surface area (Å²) < 4.78 is 0. The number of nitrogens with one attached hydrogen (secondary N) is 1. The monoisotopic (exact) mass is 279 g/mol. The second kappa shape index (κ2) is 6.57. The minimum Gasteiger partial charge on any atom is -0.326 e. The molecule has 0 aliphatic heterocycles. The molecule has 94 valence electrons. The topological polar surface area (TPSA) is 29.1 Å². The van der Waals surface area contributed by atoms with E-state index in [-0.39, 0.29) is 5.91 Å². The lowest BCUT2D eigenvalue weighted by molar-refractivity contribution is -0.115. The number of halogens is 1. The van der Waals surface area contributed by atoms with E-state index in [1.54, 1.807) is 11.3 Å². The molecule has 1 aromatic carbocycles. The number of carbonyl (C=O) groups excluding carboxylic acids is 1. The normalized spacial score (nSPS) is 10.3. The molecular formula is C14H14ClNOS. The van der Waals surface area contributed by atoms with Crippen molar-refractivity contribution in [3.8, 4) is 0 Å². The first-order valence-corrected chi connectivity index (χ1v) is 7.16. The fourth-order valence-electron chi connectivity index (χ4n) is 1.64. The van der Waals surface area contributed by atoms with Crippen LogP contribution in [0.3, 0.4) is 0 Å². The van der Waals surface area contributed by atoms with Crippen molar-refractivity contribution in [3.05, 3.63) is 52.2 Å². The number of hydrogen-bond donors (Lipinski definition) is 1. The average molecular weight is 280 g/mol. The number of rotatable bonds is 5. The Morgan fingerprint density at radius 3 is 2.61 bits per heavy atom. The van der Waals surface area contributed by atoms with E-state index in [4.69, 9.17) is 11.6 Å². The quantitative estimate of drug-likeness (QED) is 0.831. The molecule has 2 aromatic rings. The Hall–Kier alpha value is -1.32. The Bertz CT molecular complexity index is 493. The molecule has 1 aromatic heterocycles. The van der Waals surface area contributed by atoms with Gasteiger partial charge < -0.3 is 5.32 Å². The van der Waals surface area contributed by atoms with Gasteiger partial charge in [-0.15, -0.1) is 22.9 Å². The molecule has 0 aliphatic carbocycles. The van der Waals surface area contributed by atoms with Crippen molar-refractivity contribution < 1.29 is 4.79 Å². The van der Waals surface area contributed by atoms with E-state index in [0.29, 0.717) is 12.3 Å². The summed E-state index contributed by atoms with van der Waals surface area (Å²) in [5, 5.41) is 4.86. The van der Waals surface area contributed by atoms with Crippen molar-refractivity contribution in [3.63, 3.8) is 0 Å². The fraction of sp³-hybridized carbons (Fsp3) is 0.214. The zero-order chi connectivity index (χ0) is 12.8. The van der Waals surface area contributed by atoms with Gasteiger partial charge in [-0.05, 0) is 35.6 Å². The van der Waals surface area contributed by atoms with Gasteiger partial charge in [0.05, 0.1) is 6.42 Å². The number of alkyl halides is 1. The first-order valence-electron chi connectivity index (χ1n) is 5.75. The second-order valence-corrected chi connectivity index (χ2v) is 5.35. The van der Waals surface area contributed by atoms with Crippen LogP contribution in [0.2, 0.25) is 0 Å². The van der Waals surface area contributed by atoms with Gasteiger partial charge in [0.25, 0.3) is 0 Å². The van der Waals surface area contributed by atoms with E-state index >= 15 is 0 Å². The first kappa shape index (κ1) is 13.1. The number of thiophene rings is 1. The summed E-state index contributed by atoms with van der Waals surface area (Å²) in [7, 11) is 0. The van der Waals surface area contributed by atoms with Gasteiger partial charge in [-0.3, -0.25) is 4.79 Å². The summed E-state index contributed by atoms with van der Waals surface area (Å²) in [5.41, 5.74) is 2.01. The minimum absolute atomic E-state index is 0.0162. The standard InChI is InChI=1S/C14H14ClNOS/c15-8-7-11-3-5-12(6-4-11)16-14(17)10-13-2-1-9-18-13/h1-6,9H,7-8,10H2,(H,16,17). The molecule has 0 aliphatic rings. The van der Waals surface area contributed by atoms with Gasteiger partial charge in [0.2, 0.25) is 5.91 Å². The third-order valence-electron chi connectivity index (χ3n) is 2.54. The summed E-state index contributed by atoms with van der Waals surface area (Å²) in [6.45, 7) is 0. The van der Waals surface area contributed by atoms with Crippen molar-refractivity contribution >= 4 is 34.5 Å². The molecule has 0 spiro atoms. The molecule has 1 amide bonds. The largest absolute Gasteiger partial charge is 0.326 e. The lowest BCUT2D eigenvalue weighted by Gasteiger charge is -2.05. The number of amides is 1. The summed E-state index contributed by atoms with van der Waals surface area (Å²) in [4.78, 5) is 12.8. The van der Waals surface area contributed by atoms with Crippen LogP contribution in [-0.2, 0) is 17.6 Å². The summed E-state index contributed by atoms with van der Waals surface area (Å²) >= 11 is 7.27. The van der Waals surface area contributed by atoms with E-state index in [1.165, 1.54) is 5.56 Å². The van der Waals surface area contributed by atoms with Crippen molar-refractivity contribution in [2.24, 2.45) is 0 Å². The Morgan fingerprint density at radius 2 is 2.00 bits per heavy atom.